The van der Waals surface area contributed by atoms with Crippen LogP contribution >= 0.6 is 0 Å². The second-order valence-corrected chi connectivity index (χ2v) is 4.13. The largest absolute Gasteiger partial charge is 0.330 e. The van der Waals surface area contributed by atoms with Crippen LogP contribution in [0.15, 0.2) is 30.3 Å². The van der Waals surface area contributed by atoms with Gasteiger partial charge in [-0.3, -0.25) is 0 Å². The Bertz CT molecular complexity index is 246. The predicted molar refractivity (Wildman–Crippen MR) is 65.6 cm³/mol. The normalized spacial score (nSPS) is 12.7. The van der Waals surface area contributed by atoms with Crippen molar-refractivity contribution in [2.75, 3.05) is 13.1 Å². The van der Waals surface area contributed by atoms with Crippen molar-refractivity contribution >= 4 is 0 Å². The highest BCUT2D eigenvalue weighted by atomic mass is 14.8. The van der Waals surface area contributed by atoms with E-state index >= 15 is 0 Å². The molecule has 0 aromatic heterocycles. The molecule has 0 radical (unpaired) electrons. The Morgan fingerprint density at radius 1 is 1.20 bits per heavy atom. The molecule has 15 heavy (non-hydrogen) atoms. The van der Waals surface area contributed by atoms with Crippen LogP contribution in [0.5, 0.6) is 0 Å². The van der Waals surface area contributed by atoms with Gasteiger partial charge in [-0.2, -0.15) is 0 Å². The van der Waals surface area contributed by atoms with E-state index < -0.39 is 0 Å². The van der Waals surface area contributed by atoms with E-state index in [9.17, 15) is 0 Å². The Balaban J connectivity index is 2.07. The van der Waals surface area contributed by atoms with E-state index in [0.717, 1.165) is 32.0 Å². The fourth-order valence-electron chi connectivity index (χ4n) is 1.61. The Kier molecular flexibility index (Phi) is 6.05. The molecule has 1 rings (SSSR count). The Morgan fingerprint density at radius 2 is 1.93 bits per heavy atom. The predicted octanol–water partition coefficient (Wildman–Crippen LogP) is 2.15. The standard InChI is InChI=1S/C13H22N2/c1-12(7-9-14)8-10-15-11-13-5-3-2-4-6-13/h2-6,12,15H,7-11,14H2,1H3. The number of hydrogen-bond acceptors (Lipinski definition) is 2. The van der Waals surface area contributed by atoms with Gasteiger partial charge in [0.25, 0.3) is 0 Å². The minimum Gasteiger partial charge on any atom is -0.330 e. The van der Waals surface area contributed by atoms with Gasteiger partial charge in [0.2, 0.25) is 0 Å². The van der Waals surface area contributed by atoms with Crippen molar-refractivity contribution in [3.8, 4) is 0 Å². The van der Waals surface area contributed by atoms with Crippen molar-refractivity contribution in [2.24, 2.45) is 11.7 Å². The van der Waals surface area contributed by atoms with Crippen LogP contribution < -0.4 is 11.1 Å². The van der Waals surface area contributed by atoms with Gasteiger partial charge in [-0.15, -0.1) is 0 Å². The summed E-state index contributed by atoms with van der Waals surface area (Å²) in [6.07, 6.45) is 2.34. The zero-order valence-electron chi connectivity index (χ0n) is 9.58. The number of hydrogen-bond donors (Lipinski definition) is 2. The number of rotatable bonds is 7. The third kappa shape index (κ3) is 5.55. The second kappa shape index (κ2) is 7.43. The molecule has 0 aliphatic carbocycles. The number of nitrogens with one attached hydrogen (secondary N) is 1. The molecule has 3 N–H and O–H groups in total. The summed E-state index contributed by atoms with van der Waals surface area (Å²) in [5.41, 5.74) is 6.86. The van der Waals surface area contributed by atoms with Crippen molar-refractivity contribution < 1.29 is 0 Å². The van der Waals surface area contributed by atoms with Gasteiger partial charge < -0.3 is 11.1 Å². The average Bonchev–Trinajstić information content (AvgIpc) is 2.26. The van der Waals surface area contributed by atoms with Gasteiger partial charge >= 0.3 is 0 Å². The molecule has 2 nitrogen and oxygen atoms in total. The highest BCUT2D eigenvalue weighted by Crippen LogP contribution is 2.04. The molecule has 0 aliphatic rings. The van der Waals surface area contributed by atoms with E-state index in [2.05, 4.69) is 36.5 Å². The maximum atomic E-state index is 5.50. The molecule has 0 saturated heterocycles. The molecule has 2 heteroatoms. The highest BCUT2D eigenvalue weighted by molar-refractivity contribution is 5.14. The first-order chi connectivity index (χ1) is 7.33. The van der Waals surface area contributed by atoms with E-state index in [4.69, 9.17) is 5.73 Å². The summed E-state index contributed by atoms with van der Waals surface area (Å²) in [4.78, 5) is 0. The van der Waals surface area contributed by atoms with Gasteiger partial charge in [-0.25, -0.2) is 0 Å². The first kappa shape index (κ1) is 12.2. The molecule has 1 atom stereocenters. The lowest BCUT2D eigenvalue weighted by Gasteiger charge is -2.10. The molecular formula is C13H22N2. The van der Waals surface area contributed by atoms with Crippen LogP contribution in [0.4, 0.5) is 0 Å². The van der Waals surface area contributed by atoms with Crippen molar-refractivity contribution in [2.45, 2.75) is 26.3 Å². The summed E-state index contributed by atoms with van der Waals surface area (Å²) >= 11 is 0. The molecule has 84 valence electrons. The number of nitrogens with two attached hydrogens (primary N) is 1. The first-order valence-electron chi connectivity index (χ1n) is 5.77. The van der Waals surface area contributed by atoms with Crippen molar-refractivity contribution in [3.63, 3.8) is 0 Å². The lowest BCUT2D eigenvalue weighted by atomic mass is 10.0. The van der Waals surface area contributed by atoms with Gasteiger partial charge in [0.05, 0.1) is 0 Å². The van der Waals surface area contributed by atoms with E-state index in [1.165, 1.54) is 12.0 Å². The first-order valence-corrected chi connectivity index (χ1v) is 5.77. The summed E-state index contributed by atoms with van der Waals surface area (Å²) < 4.78 is 0. The van der Waals surface area contributed by atoms with Gasteiger partial charge in [0, 0.05) is 6.54 Å². The van der Waals surface area contributed by atoms with E-state index in [0.29, 0.717) is 0 Å². The molecule has 1 aromatic rings. The fraction of sp³-hybridized carbons (Fsp3) is 0.538. The van der Waals surface area contributed by atoms with Gasteiger partial charge in [-0.05, 0) is 37.4 Å². The Morgan fingerprint density at radius 3 is 2.60 bits per heavy atom. The van der Waals surface area contributed by atoms with Crippen molar-refractivity contribution in [1.29, 1.82) is 0 Å². The second-order valence-electron chi connectivity index (χ2n) is 4.13. The summed E-state index contributed by atoms with van der Waals surface area (Å²) in [5, 5.41) is 3.45. The zero-order chi connectivity index (χ0) is 10.9. The Hall–Kier alpha value is -0.860. The molecule has 0 heterocycles. The molecule has 0 bridgehead atoms. The van der Waals surface area contributed by atoms with Crippen molar-refractivity contribution in [3.05, 3.63) is 35.9 Å². The van der Waals surface area contributed by atoms with E-state index in [-0.39, 0.29) is 0 Å². The lowest BCUT2D eigenvalue weighted by molar-refractivity contribution is 0.475. The monoisotopic (exact) mass is 206 g/mol. The molecule has 0 saturated carbocycles. The fourth-order valence-corrected chi connectivity index (χ4v) is 1.61. The maximum Gasteiger partial charge on any atom is 0.0205 e. The van der Waals surface area contributed by atoms with Gasteiger partial charge in [0.1, 0.15) is 0 Å². The summed E-state index contributed by atoms with van der Waals surface area (Å²) in [7, 11) is 0. The van der Waals surface area contributed by atoms with Crippen LogP contribution in [0, 0.1) is 5.92 Å². The summed E-state index contributed by atoms with van der Waals surface area (Å²) in [6.45, 7) is 5.11. The minimum atomic E-state index is 0.735. The van der Waals surface area contributed by atoms with Crippen LogP contribution in [0.3, 0.4) is 0 Å². The van der Waals surface area contributed by atoms with Crippen LogP contribution in [0.2, 0.25) is 0 Å². The lowest BCUT2D eigenvalue weighted by Crippen LogP contribution is -2.18. The molecule has 0 fully saturated rings. The minimum absolute atomic E-state index is 0.735. The van der Waals surface area contributed by atoms with Crippen molar-refractivity contribution in [1.82, 2.24) is 5.32 Å². The van der Waals surface area contributed by atoms with Crippen LogP contribution in [0.25, 0.3) is 0 Å². The van der Waals surface area contributed by atoms with Crippen LogP contribution in [0.1, 0.15) is 25.3 Å². The highest BCUT2D eigenvalue weighted by Gasteiger charge is 1.99. The number of benzene rings is 1. The Labute approximate surface area is 92.9 Å². The quantitative estimate of drug-likeness (QED) is 0.671. The SMILES string of the molecule is CC(CCN)CCNCc1ccccc1. The average molecular weight is 206 g/mol. The molecule has 1 aromatic carbocycles. The molecule has 1 unspecified atom stereocenters. The van der Waals surface area contributed by atoms with Crippen LogP contribution in [-0.2, 0) is 6.54 Å². The topological polar surface area (TPSA) is 38.0 Å². The van der Waals surface area contributed by atoms with Crippen LogP contribution in [-0.4, -0.2) is 13.1 Å². The summed E-state index contributed by atoms with van der Waals surface area (Å²) in [5.74, 6) is 0.735. The zero-order valence-corrected chi connectivity index (χ0v) is 9.58. The molecule has 0 aliphatic heterocycles. The third-order valence-electron chi connectivity index (χ3n) is 2.65. The maximum absolute atomic E-state index is 5.50. The molecule has 0 spiro atoms. The summed E-state index contributed by atoms with van der Waals surface area (Å²) in [6, 6.07) is 10.5. The van der Waals surface area contributed by atoms with E-state index in [1.54, 1.807) is 0 Å². The third-order valence-corrected chi connectivity index (χ3v) is 2.65. The molecular weight excluding hydrogens is 184 g/mol. The van der Waals surface area contributed by atoms with Gasteiger partial charge in [-0.1, -0.05) is 37.3 Å². The smallest absolute Gasteiger partial charge is 0.0205 e. The van der Waals surface area contributed by atoms with E-state index in [1.807, 2.05) is 6.07 Å². The van der Waals surface area contributed by atoms with Gasteiger partial charge in [0.15, 0.2) is 0 Å². The molecule has 0 amide bonds.